The standard InChI is InChI=1S/C51H94NO8P/c1-3-5-7-9-11-13-15-17-18-19-20-21-22-23-24-25-26-27-28-29-30-32-34-36-38-40-42-44-51(54)60-49(48-59-61(55,56)58-46-45-52)47-57-50(53)43-41-39-37-35-33-31-16-14-12-10-8-6-4-2/h8,10,14-17,19-20,49H,3-7,9,11-13,18,21-48,52H2,1-2H3,(H,55,56)/b10-8-,16-14-,17-15-,20-19-. The van der Waals surface area contributed by atoms with Gasteiger partial charge in [-0.25, -0.2) is 4.57 Å². The van der Waals surface area contributed by atoms with Crippen molar-refractivity contribution in [3.63, 3.8) is 0 Å². The Labute approximate surface area is 375 Å². The second-order valence-corrected chi connectivity index (χ2v) is 18.1. The zero-order chi connectivity index (χ0) is 44.6. The molecule has 0 heterocycles. The van der Waals surface area contributed by atoms with Crippen LogP contribution in [0.1, 0.15) is 232 Å². The molecule has 0 spiro atoms. The Hall–Kier alpha value is -2.03. The molecule has 2 atom stereocenters. The maximum absolute atomic E-state index is 12.6. The topological polar surface area (TPSA) is 134 Å². The molecule has 3 N–H and O–H groups in total. The zero-order valence-corrected chi connectivity index (χ0v) is 40.3. The molecule has 0 rings (SSSR count). The largest absolute Gasteiger partial charge is 0.472 e. The van der Waals surface area contributed by atoms with Gasteiger partial charge in [-0.3, -0.25) is 18.6 Å². The average Bonchev–Trinajstić information content (AvgIpc) is 3.25. The molecule has 0 radical (unpaired) electrons. The van der Waals surface area contributed by atoms with Gasteiger partial charge in [0.25, 0.3) is 0 Å². The summed E-state index contributed by atoms with van der Waals surface area (Å²) in [5.41, 5.74) is 5.36. The summed E-state index contributed by atoms with van der Waals surface area (Å²) in [6.45, 7) is 3.66. The zero-order valence-electron chi connectivity index (χ0n) is 39.4. The van der Waals surface area contributed by atoms with Crippen LogP contribution in [0.15, 0.2) is 48.6 Å². The Bertz CT molecular complexity index is 1140. The van der Waals surface area contributed by atoms with Crippen molar-refractivity contribution in [3.8, 4) is 0 Å². The minimum absolute atomic E-state index is 0.0508. The van der Waals surface area contributed by atoms with Crippen LogP contribution in [0.25, 0.3) is 0 Å². The number of unbranched alkanes of at least 4 members (excludes halogenated alkanes) is 26. The highest BCUT2D eigenvalue weighted by Crippen LogP contribution is 2.43. The van der Waals surface area contributed by atoms with Crippen molar-refractivity contribution >= 4 is 19.8 Å². The maximum atomic E-state index is 12.6. The van der Waals surface area contributed by atoms with E-state index in [-0.39, 0.29) is 32.6 Å². The van der Waals surface area contributed by atoms with Crippen molar-refractivity contribution in [1.82, 2.24) is 0 Å². The number of rotatable bonds is 47. The first-order valence-electron chi connectivity index (χ1n) is 25.1. The summed E-state index contributed by atoms with van der Waals surface area (Å²) in [5, 5.41) is 0. The number of carbonyl (C=O) groups is 2. The second kappa shape index (κ2) is 47.4. The van der Waals surface area contributed by atoms with Crippen molar-refractivity contribution in [3.05, 3.63) is 48.6 Å². The van der Waals surface area contributed by atoms with Crippen LogP contribution in [0.5, 0.6) is 0 Å². The average molecular weight is 880 g/mol. The molecule has 10 heteroatoms. The van der Waals surface area contributed by atoms with E-state index >= 15 is 0 Å². The lowest BCUT2D eigenvalue weighted by molar-refractivity contribution is -0.161. The van der Waals surface area contributed by atoms with Gasteiger partial charge >= 0.3 is 19.8 Å². The van der Waals surface area contributed by atoms with E-state index in [1.54, 1.807) is 0 Å². The molecule has 0 aromatic carbocycles. The minimum Gasteiger partial charge on any atom is -0.462 e. The fraction of sp³-hybridized carbons (Fsp3) is 0.804. The lowest BCUT2D eigenvalue weighted by Crippen LogP contribution is -2.29. The molecule has 61 heavy (non-hydrogen) atoms. The number of hydrogen-bond donors (Lipinski definition) is 2. The SMILES string of the molecule is CCC/C=C\C/C=C\CCCCCCCC(=O)OCC(COP(=O)(O)OCCN)OC(=O)CCCCCCCCCCCCCCCCC/C=C\C/C=C\CCCCCCC. The molecule has 0 bridgehead atoms. The number of allylic oxidation sites excluding steroid dienone is 8. The number of phosphoric ester groups is 1. The van der Waals surface area contributed by atoms with Crippen molar-refractivity contribution in [1.29, 1.82) is 0 Å². The van der Waals surface area contributed by atoms with Gasteiger partial charge < -0.3 is 20.1 Å². The summed E-state index contributed by atoms with van der Waals surface area (Å²) in [7, 11) is -4.38. The van der Waals surface area contributed by atoms with E-state index in [0.717, 1.165) is 70.6 Å². The fourth-order valence-corrected chi connectivity index (χ4v) is 7.70. The third kappa shape index (κ3) is 47.3. The van der Waals surface area contributed by atoms with Gasteiger partial charge in [-0.05, 0) is 70.6 Å². The molecule has 356 valence electrons. The molecule has 0 amide bonds. The highest BCUT2D eigenvalue weighted by Gasteiger charge is 2.26. The van der Waals surface area contributed by atoms with E-state index in [9.17, 15) is 19.0 Å². The molecule has 0 aliphatic heterocycles. The summed E-state index contributed by atoms with van der Waals surface area (Å²) < 4.78 is 32.9. The molecule has 0 aromatic rings. The maximum Gasteiger partial charge on any atom is 0.472 e. The van der Waals surface area contributed by atoms with Crippen molar-refractivity contribution in [2.75, 3.05) is 26.4 Å². The lowest BCUT2D eigenvalue weighted by atomic mass is 10.0. The van der Waals surface area contributed by atoms with E-state index < -0.39 is 32.5 Å². The fourth-order valence-electron chi connectivity index (χ4n) is 6.94. The Balaban J connectivity index is 3.97. The van der Waals surface area contributed by atoms with Gasteiger partial charge in [-0.2, -0.15) is 0 Å². The van der Waals surface area contributed by atoms with Gasteiger partial charge in [0.2, 0.25) is 0 Å². The quantitative estimate of drug-likeness (QED) is 0.0265. The molecule has 0 saturated carbocycles. The number of ether oxygens (including phenoxy) is 2. The van der Waals surface area contributed by atoms with Gasteiger partial charge in [-0.15, -0.1) is 0 Å². The van der Waals surface area contributed by atoms with Crippen molar-refractivity contribution in [2.45, 2.75) is 238 Å². The van der Waals surface area contributed by atoms with E-state index in [4.69, 9.17) is 24.3 Å². The van der Waals surface area contributed by atoms with Crippen LogP contribution in [0, 0.1) is 0 Å². The number of nitrogens with two attached hydrogens (primary N) is 1. The molecule has 9 nitrogen and oxygen atoms in total. The third-order valence-electron chi connectivity index (χ3n) is 10.7. The highest BCUT2D eigenvalue weighted by atomic mass is 31.2. The number of carbonyl (C=O) groups excluding carboxylic acids is 2. The second-order valence-electron chi connectivity index (χ2n) is 16.7. The summed E-state index contributed by atoms with van der Waals surface area (Å²) in [6.07, 6.45) is 55.9. The molecule has 0 aliphatic carbocycles. The van der Waals surface area contributed by atoms with Crippen LogP contribution in [0.2, 0.25) is 0 Å². The van der Waals surface area contributed by atoms with Crippen LogP contribution in [-0.2, 0) is 32.7 Å². The molecule has 0 aliphatic rings. The lowest BCUT2D eigenvalue weighted by Gasteiger charge is -2.19. The van der Waals surface area contributed by atoms with Crippen molar-refractivity contribution < 1.29 is 37.6 Å². The van der Waals surface area contributed by atoms with E-state index in [2.05, 4.69) is 62.5 Å². The first-order valence-corrected chi connectivity index (χ1v) is 26.6. The van der Waals surface area contributed by atoms with Crippen molar-refractivity contribution in [2.24, 2.45) is 5.73 Å². The normalized spacial score (nSPS) is 13.6. The van der Waals surface area contributed by atoms with Gasteiger partial charge in [-0.1, -0.05) is 197 Å². The first-order chi connectivity index (χ1) is 29.8. The molecule has 0 saturated heterocycles. The van der Waals surface area contributed by atoms with E-state index in [0.29, 0.717) is 12.8 Å². The monoisotopic (exact) mass is 880 g/mol. The van der Waals surface area contributed by atoms with E-state index in [1.165, 1.54) is 122 Å². The molecular weight excluding hydrogens is 786 g/mol. The molecule has 0 fully saturated rings. The predicted molar refractivity (Wildman–Crippen MR) is 257 cm³/mol. The number of phosphoric acid groups is 1. The summed E-state index contributed by atoms with van der Waals surface area (Å²) in [6, 6.07) is 0. The van der Waals surface area contributed by atoms with Gasteiger partial charge in [0, 0.05) is 19.4 Å². The Morgan fingerprint density at radius 2 is 0.885 bits per heavy atom. The highest BCUT2D eigenvalue weighted by molar-refractivity contribution is 7.47. The van der Waals surface area contributed by atoms with Gasteiger partial charge in [0.15, 0.2) is 6.10 Å². The minimum atomic E-state index is -4.38. The first kappa shape index (κ1) is 59.0. The van der Waals surface area contributed by atoms with Crippen LogP contribution < -0.4 is 5.73 Å². The Morgan fingerprint density at radius 3 is 1.31 bits per heavy atom. The Morgan fingerprint density at radius 1 is 0.492 bits per heavy atom. The van der Waals surface area contributed by atoms with E-state index in [1.807, 2.05) is 0 Å². The Kier molecular flexibility index (Phi) is 45.9. The summed E-state index contributed by atoms with van der Waals surface area (Å²) >= 11 is 0. The summed E-state index contributed by atoms with van der Waals surface area (Å²) in [4.78, 5) is 35.0. The molecular formula is C51H94NO8P. The van der Waals surface area contributed by atoms with Gasteiger partial charge in [0.05, 0.1) is 13.2 Å². The molecule has 2 unspecified atom stereocenters. The predicted octanol–water partition coefficient (Wildman–Crippen LogP) is 15.1. The summed E-state index contributed by atoms with van der Waals surface area (Å²) in [5.74, 6) is -0.841. The van der Waals surface area contributed by atoms with Crippen LogP contribution in [0.4, 0.5) is 0 Å². The number of hydrogen-bond acceptors (Lipinski definition) is 8. The molecule has 0 aromatic heterocycles. The van der Waals surface area contributed by atoms with Crippen LogP contribution >= 0.6 is 7.82 Å². The van der Waals surface area contributed by atoms with Crippen LogP contribution in [0.3, 0.4) is 0 Å². The third-order valence-corrected chi connectivity index (χ3v) is 11.7. The van der Waals surface area contributed by atoms with Crippen LogP contribution in [-0.4, -0.2) is 49.3 Å². The number of esters is 2. The smallest absolute Gasteiger partial charge is 0.462 e. The van der Waals surface area contributed by atoms with Gasteiger partial charge in [0.1, 0.15) is 6.61 Å².